The maximum Gasteiger partial charge on any atom is 0.268 e. The third-order valence-electron chi connectivity index (χ3n) is 3.39. The third-order valence-corrected chi connectivity index (χ3v) is 3.39. The number of para-hydroxylation sites is 2. The molecule has 19 heavy (non-hydrogen) atoms. The lowest BCUT2D eigenvalue weighted by Crippen LogP contribution is -2.08. The lowest BCUT2D eigenvalue weighted by molar-refractivity contribution is 0.0501. The van der Waals surface area contributed by atoms with Crippen molar-refractivity contribution in [3.05, 3.63) is 72.3 Å². The van der Waals surface area contributed by atoms with Crippen LogP contribution in [0.15, 0.2) is 66.7 Å². The second kappa shape index (κ2) is 4.02. The Morgan fingerprint density at radius 3 is 2.05 bits per heavy atom. The van der Waals surface area contributed by atoms with Gasteiger partial charge in [-0.1, -0.05) is 54.6 Å². The second-order valence-corrected chi connectivity index (χ2v) is 4.58. The van der Waals surface area contributed by atoms with Gasteiger partial charge in [-0.05, 0) is 22.9 Å². The molecule has 0 spiro atoms. The van der Waals surface area contributed by atoms with Crippen molar-refractivity contribution in [1.82, 2.24) is 0 Å². The molecular weight excluding hydrogens is 236 g/mol. The monoisotopic (exact) mass is 248 g/mol. The number of hydrogen-bond acceptors (Lipinski definition) is 2. The fourth-order valence-electron chi connectivity index (χ4n) is 2.48. The molecule has 0 amide bonds. The maximum atomic E-state index is 5.88. The van der Waals surface area contributed by atoms with Crippen LogP contribution in [-0.4, -0.2) is 0 Å². The summed E-state index contributed by atoms with van der Waals surface area (Å²) in [5.41, 5.74) is 1.06. The molecule has 4 rings (SSSR count). The fraction of sp³-hybridized carbons (Fsp3) is 0.0588. The second-order valence-electron chi connectivity index (χ2n) is 4.58. The Balaban J connectivity index is 1.81. The first-order chi connectivity index (χ1) is 9.42. The van der Waals surface area contributed by atoms with Crippen molar-refractivity contribution >= 4 is 10.8 Å². The number of hydrogen-bond donors (Lipinski definition) is 0. The molecule has 1 aliphatic rings. The van der Waals surface area contributed by atoms with Crippen LogP contribution in [0.4, 0.5) is 0 Å². The zero-order valence-corrected chi connectivity index (χ0v) is 10.2. The van der Waals surface area contributed by atoms with Crippen LogP contribution in [-0.2, 0) is 0 Å². The van der Waals surface area contributed by atoms with E-state index in [4.69, 9.17) is 9.47 Å². The molecule has 0 unspecified atom stereocenters. The van der Waals surface area contributed by atoms with Gasteiger partial charge in [0, 0.05) is 5.56 Å². The summed E-state index contributed by atoms with van der Waals surface area (Å²) in [7, 11) is 0. The van der Waals surface area contributed by atoms with Gasteiger partial charge in [-0.15, -0.1) is 0 Å². The van der Waals surface area contributed by atoms with E-state index in [-0.39, 0.29) is 6.29 Å². The lowest BCUT2D eigenvalue weighted by Gasteiger charge is -2.13. The molecule has 3 aromatic carbocycles. The van der Waals surface area contributed by atoms with Gasteiger partial charge in [0.05, 0.1) is 0 Å². The molecule has 0 radical (unpaired) electrons. The minimum absolute atomic E-state index is 0.358. The zero-order valence-electron chi connectivity index (χ0n) is 10.2. The van der Waals surface area contributed by atoms with Crippen molar-refractivity contribution in [2.45, 2.75) is 6.29 Å². The molecule has 0 atom stereocenters. The van der Waals surface area contributed by atoms with Crippen LogP contribution in [0.5, 0.6) is 11.5 Å². The Bertz CT molecular complexity index is 719. The van der Waals surface area contributed by atoms with E-state index in [1.807, 2.05) is 42.5 Å². The van der Waals surface area contributed by atoms with Gasteiger partial charge in [-0.25, -0.2) is 0 Å². The maximum absolute atomic E-state index is 5.88. The molecule has 3 aromatic rings. The molecule has 0 aromatic heterocycles. The number of benzene rings is 3. The summed E-state index contributed by atoms with van der Waals surface area (Å²) in [6, 6.07) is 22.2. The predicted molar refractivity (Wildman–Crippen MR) is 74.4 cm³/mol. The van der Waals surface area contributed by atoms with Crippen LogP contribution >= 0.6 is 0 Å². The normalized spacial score (nSPS) is 13.9. The minimum Gasteiger partial charge on any atom is -0.447 e. The quantitative estimate of drug-likeness (QED) is 0.639. The first kappa shape index (κ1) is 10.4. The van der Waals surface area contributed by atoms with Crippen LogP contribution in [0, 0.1) is 0 Å². The summed E-state index contributed by atoms with van der Waals surface area (Å²) < 4.78 is 11.8. The summed E-state index contributed by atoms with van der Waals surface area (Å²) >= 11 is 0. The lowest BCUT2D eigenvalue weighted by atomic mass is 10.0. The third kappa shape index (κ3) is 1.65. The highest BCUT2D eigenvalue weighted by molar-refractivity contribution is 5.86. The summed E-state index contributed by atoms with van der Waals surface area (Å²) in [5, 5.41) is 2.37. The van der Waals surface area contributed by atoms with Gasteiger partial charge in [0.2, 0.25) is 0 Å². The summed E-state index contributed by atoms with van der Waals surface area (Å²) in [6.07, 6.45) is -0.358. The first-order valence-corrected chi connectivity index (χ1v) is 6.32. The first-order valence-electron chi connectivity index (χ1n) is 6.32. The molecule has 0 aliphatic carbocycles. The molecule has 1 heterocycles. The number of ether oxygens (including phenoxy) is 2. The molecule has 2 heteroatoms. The van der Waals surface area contributed by atoms with E-state index < -0.39 is 0 Å². The van der Waals surface area contributed by atoms with E-state index in [0.29, 0.717) is 0 Å². The average Bonchev–Trinajstić information content (AvgIpc) is 2.90. The van der Waals surface area contributed by atoms with E-state index in [2.05, 4.69) is 24.3 Å². The van der Waals surface area contributed by atoms with Gasteiger partial charge >= 0.3 is 0 Å². The van der Waals surface area contributed by atoms with Crippen LogP contribution < -0.4 is 9.47 Å². The van der Waals surface area contributed by atoms with Crippen molar-refractivity contribution in [2.75, 3.05) is 0 Å². The van der Waals surface area contributed by atoms with E-state index in [1.165, 1.54) is 10.8 Å². The molecule has 92 valence electrons. The van der Waals surface area contributed by atoms with Crippen LogP contribution in [0.3, 0.4) is 0 Å². The van der Waals surface area contributed by atoms with Crippen molar-refractivity contribution in [3.63, 3.8) is 0 Å². The highest BCUT2D eigenvalue weighted by Gasteiger charge is 2.26. The largest absolute Gasteiger partial charge is 0.447 e. The highest BCUT2D eigenvalue weighted by Crippen LogP contribution is 2.41. The van der Waals surface area contributed by atoms with Crippen LogP contribution in [0.1, 0.15) is 11.9 Å². The molecule has 0 bridgehead atoms. The Morgan fingerprint density at radius 1 is 0.632 bits per heavy atom. The molecule has 1 aliphatic heterocycles. The summed E-state index contributed by atoms with van der Waals surface area (Å²) in [6.45, 7) is 0. The van der Waals surface area contributed by atoms with Crippen LogP contribution in [0.2, 0.25) is 0 Å². The molecule has 2 nitrogen and oxygen atoms in total. The molecule has 0 saturated carbocycles. The zero-order chi connectivity index (χ0) is 12.7. The molecular formula is C17H12O2. The molecule has 0 N–H and O–H groups in total. The van der Waals surface area contributed by atoms with Gasteiger partial charge in [0.25, 0.3) is 6.29 Å². The standard InChI is InChI=1S/C17H12O2/c1-2-8-13-12(6-1)7-5-9-14(13)17-18-15-10-3-4-11-16(15)19-17/h1-11,17H. The smallest absolute Gasteiger partial charge is 0.268 e. The summed E-state index contributed by atoms with van der Waals surface area (Å²) in [4.78, 5) is 0. The van der Waals surface area contributed by atoms with Gasteiger partial charge in [0.15, 0.2) is 11.5 Å². The minimum atomic E-state index is -0.358. The van der Waals surface area contributed by atoms with Crippen LogP contribution in [0.25, 0.3) is 10.8 Å². The topological polar surface area (TPSA) is 18.5 Å². The number of fused-ring (bicyclic) bond motifs is 2. The molecule has 0 saturated heterocycles. The van der Waals surface area contributed by atoms with E-state index in [1.54, 1.807) is 0 Å². The van der Waals surface area contributed by atoms with E-state index >= 15 is 0 Å². The summed E-state index contributed by atoms with van der Waals surface area (Å²) in [5.74, 6) is 1.61. The van der Waals surface area contributed by atoms with Gasteiger partial charge < -0.3 is 9.47 Å². The van der Waals surface area contributed by atoms with E-state index in [9.17, 15) is 0 Å². The van der Waals surface area contributed by atoms with Gasteiger partial charge in [0.1, 0.15) is 0 Å². The Hall–Kier alpha value is -2.48. The van der Waals surface area contributed by atoms with Crippen molar-refractivity contribution in [3.8, 4) is 11.5 Å². The highest BCUT2D eigenvalue weighted by atomic mass is 16.7. The molecule has 0 fully saturated rings. The SMILES string of the molecule is c1ccc2c(c1)OC(c1cccc3ccccc13)O2. The van der Waals surface area contributed by atoms with Gasteiger partial charge in [-0.2, -0.15) is 0 Å². The van der Waals surface area contributed by atoms with Gasteiger partial charge in [-0.3, -0.25) is 0 Å². The predicted octanol–water partition coefficient (Wildman–Crippen LogP) is 4.31. The Kier molecular flexibility index (Phi) is 2.21. The Labute approximate surface area is 111 Å². The fourth-order valence-corrected chi connectivity index (χ4v) is 2.48. The van der Waals surface area contributed by atoms with Crippen molar-refractivity contribution < 1.29 is 9.47 Å². The van der Waals surface area contributed by atoms with E-state index in [0.717, 1.165) is 17.1 Å². The Morgan fingerprint density at radius 2 is 1.26 bits per heavy atom. The van der Waals surface area contributed by atoms with Crippen molar-refractivity contribution in [1.29, 1.82) is 0 Å². The average molecular weight is 248 g/mol. The van der Waals surface area contributed by atoms with Crippen molar-refractivity contribution in [2.24, 2.45) is 0 Å². The number of rotatable bonds is 1.